The monoisotopic (exact) mass is 371 g/mol. The number of carbonyl (C=O) groups excluding carboxylic acids is 1. The Morgan fingerprint density at radius 1 is 1.38 bits per heavy atom. The van der Waals surface area contributed by atoms with Gasteiger partial charge in [0, 0.05) is 25.1 Å². The van der Waals surface area contributed by atoms with Gasteiger partial charge in [0.2, 0.25) is 0 Å². The van der Waals surface area contributed by atoms with Crippen LogP contribution in [0.5, 0.6) is 0 Å². The van der Waals surface area contributed by atoms with Gasteiger partial charge < -0.3 is 14.7 Å². The molecule has 1 aliphatic heterocycles. The quantitative estimate of drug-likeness (QED) is 0.850. The maximum atomic E-state index is 12.3. The van der Waals surface area contributed by atoms with Crippen molar-refractivity contribution in [1.29, 1.82) is 0 Å². The summed E-state index contributed by atoms with van der Waals surface area (Å²) < 4.78 is 5.47. The molecular weight excluding hydrogens is 349 g/mol. The highest BCUT2D eigenvalue weighted by molar-refractivity contribution is 6.42. The van der Waals surface area contributed by atoms with E-state index in [4.69, 9.17) is 27.9 Å². The molecule has 1 aromatic carbocycles. The number of halogens is 2. The lowest BCUT2D eigenvalue weighted by Gasteiger charge is -2.33. The zero-order valence-corrected chi connectivity index (χ0v) is 15.7. The fourth-order valence-corrected chi connectivity index (χ4v) is 4.35. The predicted octanol–water partition coefficient (Wildman–Crippen LogP) is 4.11. The van der Waals surface area contributed by atoms with Crippen molar-refractivity contribution >= 4 is 29.3 Å². The average molecular weight is 372 g/mol. The van der Waals surface area contributed by atoms with Gasteiger partial charge in [-0.1, -0.05) is 29.3 Å². The normalized spacial score (nSPS) is 29.2. The summed E-state index contributed by atoms with van der Waals surface area (Å²) in [6.45, 7) is 6.91. The highest BCUT2D eigenvalue weighted by atomic mass is 35.5. The molecule has 2 unspecified atom stereocenters. The van der Waals surface area contributed by atoms with Crippen molar-refractivity contribution in [3.63, 3.8) is 0 Å². The van der Waals surface area contributed by atoms with Crippen molar-refractivity contribution in [3.05, 3.63) is 33.8 Å². The summed E-state index contributed by atoms with van der Waals surface area (Å²) in [4.78, 5) is 14.1. The molecule has 0 bridgehead atoms. The van der Waals surface area contributed by atoms with Crippen LogP contribution in [0, 0.1) is 11.8 Å². The number of aliphatic hydroxyl groups is 1. The van der Waals surface area contributed by atoms with E-state index in [1.54, 1.807) is 11.0 Å². The SMILES string of the molecule is CC(C)(C)OC(=O)N1CCC2(c3ccc(Cl)c(Cl)c3)C(CO)[C@@H]2C1. The van der Waals surface area contributed by atoms with Crippen LogP contribution < -0.4 is 0 Å². The van der Waals surface area contributed by atoms with E-state index >= 15 is 0 Å². The average Bonchev–Trinajstić information content (AvgIpc) is 3.16. The summed E-state index contributed by atoms with van der Waals surface area (Å²) in [7, 11) is 0. The fourth-order valence-electron chi connectivity index (χ4n) is 4.05. The third kappa shape index (κ3) is 3.00. The Morgan fingerprint density at radius 3 is 2.67 bits per heavy atom. The van der Waals surface area contributed by atoms with E-state index in [0.29, 0.717) is 23.1 Å². The second-order valence-corrected chi connectivity index (χ2v) is 8.56. The minimum Gasteiger partial charge on any atom is -0.444 e. The van der Waals surface area contributed by atoms with Gasteiger partial charge in [0.1, 0.15) is 5.60 Å². The largest absolute Gasteiger partial charge is 0.444 e. The van der Waals surface area contributed by atoms with Crippen LogP contribution >= 0.6 is 23.2 Å². The number of carbonyl (C=O) groups is 1. The molecule has 1 aromatic rings. The number of fused-ring (bicyclic) bond motifs is 1. The molecule has 3 rings (SSSR count). The molecule has 1 heterocycles. The molecule has 1 saturated carbocycles. The van der Waals surface area contributed by atoms with E-state index in [1.165, 1.54) is 0 Å². The lowest BCUT2D eigenvalue weighted by molar-refractivity contribution is 0.0198. The molecule has 1 N–H and O–H groups in total. The van der Waals surface area contributed by atoms with Crippen LogP contribution in [0.1, 0.15) is 32.8 Å². The molecule has 6 heteroatoms. The summed E-state index contributed by atoms with van der Waals surface area (Å²) in [5, 5.41) is 10.9. The van der Waals surface area contributed by atoms with Gasteiger partial charge in [-0.2, -0.15) is 0 Å². The fraction of sp³-hybridized carbons (Fsp3) is 0.611. The van der Waals surface area contributed by atoms with Crippen LogP contribution in [0.4, 0.5) is 4.79 Å². The first-order chi connectivity index (χ1) is 11.2. The van der Waals surface area contributed by atoms with Gasteiger partial charge in [-0.3, -0.25) is 0 Å². The zero-order valence-electron chi connectivity index (χ0n) is 14.2. The Balaban J connectivity index is 1.79. The van der Waals surface area contributed by atoms with Crippen molar-refractivity contribution in [2.75, 3.05) is 19.7 Å². The smallest absolute Gasteiger partial charge is 0.410 e. The molecule has 4 nitrogen and oxygen atoms in total. The van der Waals surface area contributed by atoms with Crippen molar-refractivity contribution in [2.24, 2.45) is 11.8 Å². The molecule has 0 aromatic heterocycles. The molecule has 2 aliphatic rings. The third-order valence-electron chi connectivity index (χ3n) is 5.22. The molecule has 0 radical (unpaired) electrons. The first kappa shape index (κ1) is 17.8. The number of nitrogens with zero attached hydrogens (tertiary/aromatic N) is 1. The first-order valence-corrected chi connectivity index (χ1v) is 8.99. The number of benzene rings is 1. The molecule has 3 atom stereocenters. The van der Waals surface area contributed by atoms with Crippen LogP contribution in [0.15, 0.2) is 18.2 Å². The second-order valence-electron chi connectivity index (χ2n) is 7.74. The van der Waals surface area contributed by atoms with E-state index in [2.05, 4.69) is 0 Å². The number of rotatable bonds is 2. The van der Waals surface area contributed by atoms with E-state index < -0.39 is 5.60 Å². The number of amides is 1. The van der Waals surface area contributed by atoms with E-state index in [1.807, 2.05) is 32.9 Å². The first-order valence-electron chi connectivity index (χ1n) is 8.23. The molecule has 132 valence electrons. The van der Waals surface area contributed by atoms with E-state index in [0.717, 1.165) is 12.0 Å². The lowest BCUT2D eigenvalue weighted by atomic mass is 9.86. The molecule has 2 fully saturated rings. The van der Waals surface area contributed by atoms with Crippen LogP contribution in [-0.4, -0.2) is 41.4 Å². The van der Waals surface area contributed by atoms with Gasteiger partial charge in [0.15, 0.2) is 0 Å². The van der Waals surface area contributed by atoms with Gasteiger partial charge in [-0.15, -0.1) is 0 Å². The van der Waals surface area contributed by atoms with Crippen molar-refractivity contribution in [2.45, 2.75) is 38.2 Å². The Morgan fingerprint density at radius 2 is 2.08 bits per heavy atom. The minimum atomic E-state index is -0.505. The summed E-state index contributed by atoms with van der Waals surface area (Å²) >= 11 is 12.2. The van der Waals surface area contributed by atoms with Crippen LogP contribution in [-0.2, 0) is 10.2 Å². The summed E-state index contributed by atoms with van der Waals surface area (Å²) in [6.07, 6.45) is 0.508. The Bertz CT molecular complexity index is 658. The molecule has 24 heavy (non-hydrogen) atoms. The second kappa shape index (κ2) is 6.08. The number of hydrogen-bond acceptors (Lipinski definition) is 3. The number of ether oxygens (including phenoxy) is 1. The van der Waals surface area contributed by atoms with Crippen molar-refractivity contribution in [3.8, 4) is 0 Å². The molecular formula is C18H23Cl2NO3. The molecule has 1 aliphatic carbocycles. The zero-order chi connectivity index (χ0) is 17.7. The number of aliphatic hydroxyl groups excluding tert-OH is 1. The number of likely N-dealkylation sites (tertiary alicyclic amines) is 1. The lowest BCUT2D eigenvalue weighted by Crippen LogP contribution is -2.43. The molecule has 1 amide bonds. The van der Waals surface area contributed by atoms with E-state index in [-0.39, 0.29) is 30.0 Å². The Labute approximate surface area is 152 Å². The van der Waals surface area contributed by atoms with Gasteiger partial charge in [-0.25, -0.2) is 4.79 Å². The maximum Gasteiger partial charge on any atom is 0.410 e. The highest BCUT2D eigenvalue weighted by Gasteiger charge is 2.66. The Hall–Kier alpha value is -0.970. The van der Waals surface area contributed by atoms with Gasteiger partial charge in [0.25, 0.3) is 0 Å². The summed E-state index contributed by atoms with van der Waals surface area (Å²) in [5.41, 5.74) is 0.487. The topological polar surface area (TPSA) is 49.8 Å². The standard InChI is InChI=1S/C18H23Cl2NO3/c1-17(2,3)24-16(23)21-7-6-18(12(9-21)13(18)10-22)11-4-5-14(19)15(20)8-11/h4-5,8,12-13,22H,6-7,9-10H2,1-3H3/t12-,13?,18?/m0/s1. The molecule has 0 spiro atoms. The predicted molar refractivity (Wildman–Crippen MR) is 94.6 cm³/mol. The van der Waals surface area contributed by atoms with Crippen LogP contribution in [0.2, 0.25) is 10.0 Å². The number of hydrogen-bond donors (Lipinski definition) is 1. The van der Waals surface area contributed by atoms with Crippen molar-refractivity contribution in [1.82, 2.24) is 4.90 Å². The van der Waals surface area contributed by atoms with Gasteiger partial charge in [-0.05, 0) is 56.7 Å². The minimum absolute atomic E-state index is 0.104. The summed E-state index contributed by atoms with van der Waals surface area (Å²) in [5.74, 6) is 0.364. The van der Waals surface area contributed by atoms with Crippen molar-refractivity contribution < 1.29 is 14.6 Å². The van der Waals surface area contributed by atoms with E-state index in [9.17, 15) is 9.90 Å². The van der Waals surface area contributed by atoms with Crippen LogP contribution in [0.25, 0.3) is 0 Å². The Kier molecular flexibility index (Phi) is 4.52. The molecule has 1 saturated heterocycles. The van der Waals surface area contributed by atoms with Gasteiger partial charge in [0.05, 0.1) is 10.0 Å². The van der Waals surface area contributed by atoms with Gasteiger partial charge >= 0.3 is 6.09 Å². The maximum absolute atomic E-state index is 12.3. The number of piperidine rings is 1. The summed E-state index contributed by atoms with van der Waals surface area (Å²) in [6, 6.07) is 5.69. The highest BCUT2D eigenvalue weighted by Crippen LogP contribution is 2.64. The van der Waals surface area contributed by atoms with Crippen LogP contribution in [0.3, 0.4) is 0 Å². The third-order valence-corrected chi connectivity index (χ3v) is 5.96.